The van der Waals surface area contributed by atoms with Crippen molar-refractivity contribution >= 4 is 0 Å². The van der Waals surface area contributed by atoms with Gasteiger partial charge >= 0.3 is 0 Å². The van der Waals surface area contributed by atoms with E-state index in [2.05, 4.69) is 0 Å². The van der Waals surface area contributed by atoms with E-state index in [0.29, 0.717) is 0 Å². The lowest BCUT2D eigenvalue weighted by Crippen LogP contribution is -2.50. The summed E-state index contributed by atoms with van der Waals surface area (Å²) in [5, 5.41) is 22.6. The molecule has 2 aromatic carbocycles. The summed E-state index contributed by atoms with van der Waals surface area (Å²) in [7, 11) is 0. The van der Waals surface area contributed by atoms with Crippen LogP contribution in [0, 0.1) is 11.8 Å². The van der Waals surface area contributed by atoms with Gasteiger partial charge in [-0.1, -0.05) is 60.7 Å². The summed E-state index contributed by atoms with van der Waals surface area (Å²) in [5.74, 6) is 0.486. The van der Waals surface area contributed by atoms with E-state index in [9.17, 15) is 10.2 Å². The molecule has 0 radical (unpaired) electrons. The highest BCUT2D eigenvalue weighted by Crippen LogP contribution is 2.56. The van der Waals surface area contributed by atoms with Crippen LogP contribution in [-0.4, -0.2) is 10.2 Å². The first-order valence-corrected chi connectivity index (χ1v) is 8.69. The van der Waals surface area contributed by atoms with Gasteiger partial charge in [0.15, 0.2) is 0 Å². The molecule has 0 spiro atoms. The summed E-state index contributed by atoms with van der Waals surface area (Å²) < 4.78 is 0. The van der Waals surface area contributed by atoms with E-state index < -0.39 is 11.2 Å². The predicted molar refractivity (Wildman–Crippen MR) is 90.7 cm³/mol. The van der Waals surface area contributed by atoms with Crippen LogP contribution in [0.3, 0.4) is 0 Å². The highest BCUT2D eigenvalue weighted by Gasteiger charge is 2.53. The van der Waals surface area contributed by atoms with E-state index in [1.807, 2.05) is 60.7 Å². The topological polar surface area (TPSA) is 40.5 Å². The lowest BCUT2D eigenvalue weighted by Gasteiger charge is -2.53. The van der Waals surface area contributed by atoms with Gasteiger partial charge in [0.1, 0.15) is 0 Å². The average Bonchev–Trinajstić information content (AvgIpc) is 2.62. The van der Waals surface area contributed by atoms with Gasteiger partial charge in [0.2, 0.25) is 0 Å². The number of benzene rings is 2. The van der Waals surface area contributed by atoms with Gasteiger partial charge in [-0.2, -0.15) is 0 Å². The van der Waals surface area contributed by atoms with Gasteiger partial charge in [0, 0.05) is 0 Å². The lowest BCUT2D eigenvalue weighted by atomic mass is 9.56. The van der Waals surface area contributed by atoms with Gasteiger partial charge in [0.05, 0.1) is 11.2 Å². The van der Waals surface area contributed by atoms with Gasteiger partial charge in [-0.05, 0) is 55.1 Å². The summed E-state index contributed by atoms with van der Waals surface area (Å²) in [5.41, 5.74) is 0.619. The van der Waals surface area contributed by atoms with Crippen LogP contribution in [0.4, 0.5) is 0 Å². The van der Waals surface area contributed by atoms with Crippen LogP contribution in [0.5, 0.6) is 0 Å². The van der Waals surface area contributed by atoms with Crippen LogP contribution in [0.15, 0.2) is 60.7 Å². The molecule has 2 nitrogen and oxygen atoms in total. The minimum absolute atomic E-state index is 0.243. The molecule has 0 aromatic heterocycles. The van der Waals surface area contributed by atoms with Gasteiger partial charge in [-0.25, -0.2) is 0 Å². The molecule has 0 saturated heterocycles. The minimum atomic E-state index is -0.726. The molecule has 4 atom stereocenters. The minimum Gasteiger partial charge on any atom is -0.385 e. The molecule has 0 amide bonds. The maximum atomic E-state index is 11.3. The zero-order valence-electron chi connectivity index (χ0n) is 13.4. The molecule has 0 unspecified atom stereocenters. The Bertz CT molecular complexity index is 609. The second-order valence-electron chi connectivity index (χ2n) is 7.29. The van der Waals surface area contributed by atoms with Crippen molar-refractivity contribution in [2.45, 2.75) is 43.3 Å². The molecule has 4 rings (SSSR count). The number of hydrogen-bond donors (Lipinski definition) is 2. The maximum Gasteiger partial charge on any atom is 0.0924 e. The summed E-state index contributed by atoms with van der Waals surface area (Å²) in [6.45, 7) is 0. The first-order chi connectivity index (χ1) is 11.1. The van der Waals surface area contributed by atoms with Crippen LogP contribution >= 0.6 is 0 Å². The van der Waals surface area contributed by atoms with Gasteiger partial charge in [-0.15, -0.1) is 0 Å². The van der Waals surface area contributed by atoms with E-state index in [1.54, 1.807) is 0 Å². The summed E-state index contributed by atoms with van der Waals surface area (Å²) in [6.07, 6.45) is 4.11. The Morgan fingerprint density at radius 2 is 1.04 bits per heavy atom. The van der Waals surface area contributed by atoms with Crippen molar-refractivity contribution in [3.8, 4) is 0 Å². The van der Waals surface area contributed by atoms with Crippen LogP contribution in [-0.2, 0) is 11.2 Å². The lowest BCUT2D eigenvalue weighted by molar-refractivity contribution is -0.155. The molecule has 2 aliphatic carbocycles. The van der Waals surface area contributed by atoms with Gasteiger partial charge < -0.3 is 10.2 Å². The first-order valence-electron chi connectivity index (χ1n) is 8.69. The Labute approximate surface area is 137 Å². The molecule has 2 aromatic rings. The number of fused-ring (bicyclic) bond motifs is 2. The molecule has 120 valence electrons. The Kier molecular flexibility index (Phi) is 3.55. The van der Waals surface area contributed by atoms with E-state index in [4.69, 9.17) is 0 Å². The number of rotatable bonds is 2. The van der Waals surface area contributed by atoms with Gasteiger partial charge in [-0.3, -0.25) is 0 Å². The predicted octanol–water partition coefficient (Wildman–Crippen LogP) is 3.97. The Balaban J connectivity index is 1.62. The van der Waals surface area contributed by atoms with Crippen molar-refractivity contribution in [3.05, 3.63) is 71.8 Å². The molecule has 2 bridgehead atoms. The molecule has 2 heteroatoms. The molecule has 2 fully saturated rings. The molecular weight excluding hydrogens is 284 g/mol. The van der Waals surface area contributed by atoms with Gasteiger partial charge in [0.25, 0.3) is 0 Å². The molecule has 23 heavy (non-hydrogen) atoms. The van der Waals surface area contributed by atoms with E-state index in [1.165, 1.54) is 0 Å². The molecule has 2 saturated carbocycles. The summed E-state index contributed by atoms with van der Waals surface area (Å²) in [6, 6.07) is 20.2. The third-order valence-electron chi connectivity index (χ3n) is 6.22. The quantitative estimate of drug-likeness (QED) is 0.881. The zero-order chi connectivity index (χ0) is 15.9. The van der Waals surface area contributed by atoms with Crippen LogP contribution in [0.1, 0.15) is 43.2 Å². The smallest absolute Gasteiger partial charge is 0.0924 e. The fourth-order valence-electron chi connectivity index (χ4n) is 4.86. The first kappa shape index (κ1) is 14.9. The Morgan fingerprint density at radius 3 is 1.43 bits per heavy atom. The average molecular weight is 308 g/mol. The molecular formula is C21H24O2. The zero-order valence-corrected chi connectivity index (χ0v) is 13.4. The highest BCUT2D eigenvalue weighted by atomic mass is 16.3. The van der Waals surface area contributed by atoms with Crippen molar-refractivity contribution in [1.82, 2.24) is 0 Å². The highest BCUT2D eigenvalue weighted by molar-refractivity contribution is 5.28. The fraction of sp³-hybridized carbons (Fsp3) is 0.429. The maximum absolute atomic E-state index is 11.3. The molecule has 2 aliphatic rings. The SMILES string of the molecule is O[C@@]1(c2ccccc2)CC[C@H]2C[C@@H]1CC[C@]2(O)c1ccccc1. The van der Waals surface area contributed by atoms with Crippen molar-refractivity contribution in [2.75, 3.05) is 0 Å². The number of hydrogen-bond acceptors (Lipinski definition) is 2. The van der Waals surface area contributed by atoms with Crippen LogP contribution < -0.4 is 0 Å². The van der Waals surface area contributed by atoms with Crippen molar-refractivity contribution in [3.63, 3.8) is 0 Å². The third kappa shape index (κ3) is 2.32. The second kappa shape index (κ2) is 5.47. The number of aliphatic hydroxyl groups is 2. The standard InChI is InChI=1S/C21H24O2/c22-20(16-7-3-1-4-8-16)13-11-19-15-18(20)12-14-21(19,23)17-9-5-2-6-10-17/h1-10,18-19,22-23H,11-15H2/t18-,19-,20-,21+/m0/s1. The molecule has 0 heterocycles. The Hall–Kier alpha value is -1.64. The fourth-order valence-corrected chi connectivity index (χ4v) is 4.86. The second-order valence-corrected chi connectivity index (χ2v) is 7.29. The van der Waals surface area contributed by atoms with Crippen molar-refractivity contribution < 1.29 is 10.2 Å². The molecule has 0 aliphatic heterocycles. The Morgan fingerprint density at radius 1 is 0.652 bits per heavy atom. The third-order valence-corrected chi connectivity index (χ3v) is 6.22. The van der Waals surface area contributed by atoms with E-state index in [0.717, 1.165) is 43.2 Å². The van der Waals surface area contributed by atoms with Crippen LogP contribution in [0.2, 0.25) is 0 Å². The normalized spacial score (nSPS) is 36.6. The van der Waals surface area contributed by atoms with Crippen molar-refractivity contribution in [1.29, 1.82) is 0 Å². The van der Waals surface area contributed by atoms with E-state index in [-0.39, 0.29) is 11.8 Å². The van der Waals surface area contributed by atoms with Crippen molar-refractivity contribution in [2.24, 2.45) is 11.8 Å². The van der Waals surface area contributed by atoms with E-state index >= 15 is 0 Å². The largest absolute Gasteiger partial charge is 0.385 e. The van der Waals surface area contributed by atoms with Crippen LogP contribution in [0.25, 0.3) is 0 Å². The summed E-state index contributed by atoms with van der Waals surface area (Å²) >= 11 is 0. The monoisotopic (exact) mass is 308 g/mol. The summed E-state index contributed by atoms with van der Waals surface area (Å²) in [4.78, 5) is 0. The molecule has 2 N–H and O–H groups in total.